The average molecular weight is 446 g/mol. The molecule has 0 bridgehead atoms. The third-order valence-electron chi connectivity index (χ3n) is 5.53. The van der Waals surface area contributed by atoms with Gasteiger partial charge < -0.3 is 14.7 Å². The Morgan fingerprint density at radius 2 is 1.82 bits per heavy atom. The summed E-state index contributed by atoms with van der Waals surface area (Å²) in [5, 5.41) is 11.1. The molecule has 1 amide bonds. The molecule has 1 saturated heterocycles. The fraction of sp³-hybridized carbons (Fsp3) is 0.192. The van der Waals surface area contributed by atoms with Crippen LogP contribution in [0.15, 0.2) is 78.6 Å². The van der Waals surface area contributed by atoms with Gasteiger partial charge in [-0.25, -0.2) is 4.39 Å². The van der Waals surface area contributed by atoms with Crippen LogP contribution in [0.2, 0.25) is 0 Å². The Hall–Kier alpha value is -4.00. The number of rotatable bonds is 7. The number of Topliss-reactive ketones (excluding diaryl/α,β-unsaturated/α-hetero) is 1. The number of likely N-dealkylation sites (tertiary alicyclic amines) is 1. The van der Waals surface area contributed by atoms with Crippen LogP contribution >= 0.6 is 0 Å². The summed E-state index contributed by atoms with van der Waals surface area (Å²) < 4.78 is 18.7. The summed E-state index contributed by atoms with van der Waals surface area (Å²) in [5.74, 6) is -1.50. The minimum Gasteiger partial charge on any atom is -0.507 e. The number of amides is 1. The van der Waals surface area contributed by atoms with E-state index in [9.17, 15) is 19.1 Å². The van der Waals surface area contributed by atoms with Gasteiger partial charge in [-0.15, -0.1) is 0 Å². The molecule has 0 radical (unpaired) electrons. The summed E-state index contributed by atoms with van der Waals surface area (Å²) in [6, 6.07) is 15.4. The van der Waals surface area contributed by atoms with E-state index in [-0.39, 0.29) is 23.7 Å². The number of halogens is 1. The average Bonchev–Trinajstić information content (AvgIpc) is 3.09. The van der Waals surface area contributed by atoms with Crippen molar-refractivity contribution in [2.75, 3.05) is 13.2 Å². The Morgan fingerprint density at radius 3 is 2.52 bits per heavy atom. The van der Waals surface area contributed by atoms with E-state index in [0.717, 1.165) is 5.56 Å². The van der Waals surface area contributed by atoms with E-state index in [1.54, 1.807) is 60.9 Å². The van der Waals surface area contributed by atoms with E-state index < -0.39 is 17.7 Å². The van der Waals surface area contributed by atoms with Crippen molar-refractivity contribution < 1.29 is 23.8 Å². The van der Waals surface area contributed by atoms with E-state index in [2.05, 4.69) is 4.98 Å². The van der Waals surface area contributed by atoms with Crippen LogP contribution in [-0.2, 0) is 16.0 Å². The molecular formula is C26H23FN2O4. The van der Waals surface area contributed by atoms with Crippen LogP contribution < -0.4 is 4.74 Å². The molecule has 6 nitrogen and oxygen atoms in total. The summed E-state index contributed by atoms with van der Waals surface area (Å²) in [6.45, 7) is 2.52. The zero-order chi connectivity index (χ0) is 23.4. The highest BCUT2D eigenvalue weighted by Crippen LogP contribution is 2.39. The molecule has 33 heavy (non-hydrogen) atoms. The van der Waals surface area contributed by atoms with Crippen molar-refractivity contribution in [1.82, 2.24) is 9.88 Å². The second-order valence-electron chi connectivity index (χ2n) is 7.61. The lowest BCUT2D eigenvalue weighted by atomic mass is 9.95. The van der Waals surface area contributed by atoms with Gasteiger partial charge in [-0.05, 0) is 60.9 Å². The second kappa shape index (κ2) is 9.65. The highest BCUT2D eigenvalue weighted by molar-refractivity contribution is 6.46. The Balaban J connectivity index is 1.74. The van der Waals surface area contributed by atoms with Gasteiger partial charge in [-0.1, -0.05) is 24.3 Å². The van der Waals surface area contributed by atoms with Crippen LogP contribution in [0.5, 0.6) is 5.75 Å². The molecule has 168 valence electrons. The van der Waals surface area contributed by atoms with Gasteiger partial charge in [0.25, 0.3) is 11.7 Å². The molecule has 2 heterocycles. The Kier molecular flexibility index (Phi) is 6.49. The minimum absolute atomic E-state index is 0.0129. The number of benzene rings is 2. The zero-order valence-corrected chi connectivity index (χ0v) is 18.1. The van der Waals surface area contributed by atoms with Crippen molar-refractivity contribution in [3.63, 3.8) is 0 Å². The lowest BCUT2D eigenvalue weighted by molar-refractivity contribution is -0.139. The summed E-state index contributed by atoms with van der Waals surface area (Å²) in [4.78, 5) is 31.6. The van der Waals surface area contributed by atoms with Gasteiger partial charge in [0.1, 0.15) is 17.3 Å². The molecule has 1 fully saturated rings. The number of ether oxygens (including phenoxy) is 1. The Bertz CT molecular complexity index is 1190. The third-order valence-corrected chi connectivity index (χ3v) is 5.53. The van der Waals surface area contributed by atoms with Crippen LogP contribution in [-0.4, -0.2) is 39.8 Å². The molecule has 3 aromatic rings. The molecule has 1 aromatic heterocycles. The van der Waals surface area contributed by atoms with E-state index >= 15 is 0 Å². The Labute approximate surface area is 191 Å². The first-order valence-electron chi connectivity index (χ1n) is 10.7. The standard InChI is InChI=1S/C26H23FN2O4/c1-2-33-21-5-3-4-19(16-21)24(30)22-23(18-10-13-28-14-11-18)29(26(32)25(22)31)15-12-17-6-8-20(27)9-7-17/h3-11,13-14,16,23,30H,2,12,15H2,1H3/b24-22-. The van der Waals surface area contributed by atoms with Gasteiger partial charge in [-0.2, -0.15) is 0 Å². The minimum atomic E-state index is -0.774. The van der Waals surface area contributed by atoms with Crippen LogP contribution in [0.25, 0.3) is 5.76 Å². The fourth-order valence-electron chi connectivity index (χ4n) is 3.96. The number of aliphatic hydroxyl groups excluding tert-OH is 1. The quantitative estimate of drug-likeness (QED) is 0.333. The molecule has 1 atom stereocenters. The van der Waals surface area contributed by atoms with E-state index in [0.29, 0.717) is 29.9 Å². The number of nitrogens with zero attached hydrogens (tertiary/aromatic N) is 2. The highest BCUT2D eigenvalue weighted by atomic mass is 19.1. The van der Waals surface area contributed by atoms with E-state index in [4.69, 9.17) is 4.74 Å². The summed E-state index contributed by atoms with van der Waals surface area (Å²) in [5.41, 5.74) is 1.89. The first-order valence-corrected chi connectivity index (χ1v) is 10.7. The number of hydrogen-bond donors (Lipinski definition) is 1. The number of hydrogen-bond acceptors (Lipinski definition) is 5. The number of ketones is 1. The van der Waals surface area contributed by atoms with Gasteiger partial charge in [0, 0.05) is 24.5 Å². The summed E-state index contributed by atoms with van der Waals surface area (Å²) >= 11 is 0. The number of pyridine rings is 1. The molecular weight excluding hydrogens is 423 g/mol. The van der Waals surface area contributed by atoms with Gasteiger partial charge in [0.05, 0.1) is 18.2 Å². The number of carbonyl (C=O) groups excluding carboxylic acids is 2. The molecule has 4 rings (SSSR count). The molecule has 0 aliphatic carbocycles. The topological polar surface area (TPSA) is 79.7 Å². The first kappa shape index (κ1) is 22.2. The number of aromatic nitrogens is 1. The number of aliphatic hydroxyl groups is 1. The van der Waals surface area contributed by atoms with Crippen molar-refractivity contribution in [3.8, 4) is 5.75 Å². The van der Waals surface area contributed by atoms with Crippen LogP contribution in [0.1, 0.15) is 29.7 Å². The van der Waals surface area contributed by atoms with Crippen LogP contribution in [0, 0.1) is 5.82 Å². The van der Waals surface area contributed by atoms with Crippen molar-refractivity contribution >= 4 is 17.4 Å². The monoisotopic (exact) mass is 446 g/mol. The zero-order valence-electron chi connectivity index (χ0n) is 18.1. The van der Waals surface area contributed by atoms with Crippen molar-refractivity contribution in [1.29, 1.82) is 0 Å². The normalized spacial score (nSPS) is 17.4. The molecule has 1 N–H and O–H groups in total. The maximum Gasteiger partial charge on any atom is 0.295 e. The molecule has 1 aliphatic heterocycles. The first-order chi connectivity index (χ1) is 16.0. The van der Waals surface area contributed by atoms with E-state index in [1.807, 2.05) is 6.92 Å². The van der Waals surface area contributed by atoms with E-state index in [1.165, 1.54) is 17.0 Å². The lowest BCUT2D eigenvalue weighted by Crippen LogP contribution is -2.31. The van der Waals surface area contributed by atoms with Crippen molar-refractivity contribution in [3.05, 3.63) is 101 Å². The third kappa shape index (κ3) is 4.62. The fourth-order valence-corrected chi connectivity index (χ4v) is 3.96. The lowest BCUT2D eigenvalue weighted by Gasteiger charge is -2.25. The van der Waals surface area contributed by atoms with Gasteiger partial charge in [-0.3, -0.25) is 14.6 Å². The molecule has 0 saturated carbocycles. The molecule has 1 unspecified atom stereocenters. The Morgan fingerprint density at radius 1 is 1.09 bits per heavy atom. The van der Waals surface area contributed by atoms with Gasteiger partial charge >= 0.3 is 0 Å². The SMILES string of the molecule is CCOc1cccc(/C(O)=C2/C(=O)C(=O)N(CCc3ccc(F)cc3)C2c2ccncc2)c1. The maximum absolute atomic E-state index is 13.2. The van der Waals surface area contributed by atoms with Gasteiger partial charge in [0.15, 0.2) is 0 Å². The molecule has 2 aromatic carbocycles. The molecule has 0 spiro atoms. The number of carbonyl (C=O) groups is 2. The summed E-state index contributed by atoms with van der Waals surface area (Å²) in [6.07, 6.45) is 3.57. The largest absolute Gasteiger partial charge is 0.507 e. The maximum atomic E-state index is 13.2. The predicted octanol–water partition coefficient (Wildman–Crippen LogP) is 4.28. The predicted molar refractivity (Wildman–Crippen MR) is 121 cm³/mol. The van der Waals surface area contributed by atoms with Gasteiger partial charge in [0.2, 0.25) is 0 Å². The molecule has 7 heteroatoms. The highest BCUT2D eigenvalue weighted by Gasteiger charge is 2.45. The summed E-state index contributed by atoms with van der Waals surface area (Å²) in [7, 11) is 0. The molecule has 1 aliphatic rings. The second-order valence-corrected chi connectivity index (χ2v) is 7.61. The van der Waals surface area contributed by atoms with Crippen molar-refractivity contribution in [2.24, 2.45) is 0 Å². The van der Waals surface area contributed by atoms with Crippen LogP contribution in [0.4, 0.5) is 4.39 Å². The smallest absolute Gasteiger partial charge is 0.295 e. The van der Waals surface area contributed by atoms with Crippen molar-refractivity contribution in [2.45, 2.75) is 19.4 Å². The van der Waals surface area contributed by atoms with Crippen LogP contribution in [0.3, 0.4) is 0 Å².